The van der Waals surface area contributed by atoms with Crippen molar-refractivity contribution in [3.8, 4) is 11.5 Å². The van der Waals surface area contributed by atoms with Crippen molar-refractivity contribution in [2.24, 2.45) is 0 Å². The van der Waals surface area contributed by atoms with Gasteiger partial charge >= 0.3 is 5.97 Å². The van der Waals surface area contributed by atoms with Crippen LogP contribution in [0.25, 0.3) is 0 Å². The van der Waals surface area contributed by atoms with Crippen molar-refractivity contribution < 1.29 is 33.0 Å². The van der Waals surface area contributed by atoms with Gasteiger partial charge in [-0.2, -0.15) is 0 Å². The number of rotatable bonds is 8. The molecule has 0 saturated carbocycles. The molecule has 3 aromatic rings. The molecule has 188 valence electrons. The van der Waals surface area contributed by atoms with E-state index in [4.69, 9.17) is 9.47 Å². The van der Waals surface area contributed by atoms with Crippen molar-refractivity contribution in [3.05, 3.63) is 93.0 Å². The Hall–Kier alpha value is -3.46. The standard InChI is InChI=1S/C27H24BrF2NO5/c1-27(12-16-5-3-4-6-21(16)29)13-19-9-18(10-23(35-2)25(19)36-27)26(34)31(15-24(32)33)14-17-7-8-20(28)11-22(17)30/h3-11H,12-15H2,1-2H3,(H,32,33)/t27-/m0/s1. The minimum Gasteiger partial charge on any atom is -0.493 e. The highest BCUT2D eigenvalue weighted by Gasteiger charge is 2.38. The maximum absolute atomic E-state index is 14.4. The van der Waals surface area contributed by atoms with E-state index in [1.807, 2.05) is 6.92 Å². The molecule has 1 aliphatic heterocycles. The van der Waals surface area contributed by atoms with Gasteiger partial charge in [-0.05, 0) is 42.8 Å². The van der Waals surface area contributed by atoms with E-state index < -0.39 is 29.8 Å². The average Bonchev–Trinajstić information content (AvgIpc) is 3.16. The van der Waals surface area contributed by atoms with Gasteiger partial charge in [0.15, 0.2) is 11.5 Å². The van der Waals surface area contributed by atoms with E-state index in [9.17, 15) is 23.5 Å². The minimum atomic E-state index is -1.23. The van der Waals surface area contributed by atoms with Gasteiger partial charge in [-0.25, -0.2) is 8.78 Å². The molecular weight excluding hydrogens is 536 g/mol. The molecule has 1 heterocycles. The summed E-state index contributed by atoms with van der Waals surface area (Å²) in [7, 11) is 1.44. The average molecular weight is 560 g/mol. The second-order valence-electron chi connectivity index (χ2n) is 8.95. The van der Waals surface area contributed by atoms with Gasteiger partial charge in [-0.3, -0.25) is 9.59 Å². The maximum Gasteiger partial charge on any atom is 0.323 e. The Bertz CT molecular complexity index is 1330. The molecular formula is C27H24BrF2NO5. The highest BCUT2D eigenvalue weighted by molar-refractivity contribution is 9.10. The minimum absolute atomic E-state index is 0.182. The Morgan fingerprint density at radius 2 is 1.86 bits per heavy atom. The van der Waals surface area contributed by atoms with Crippen LogP contribution in [-0.4, -0.2) is 41.1 Å². The van der Waals surface area contributed by atoms with E-state index in [1.54, 1.807) is 30.3 Å². The fraction of sp³-hybridized carbons (Fsp3) is 0.259. The van der Waals surface area contributed by atoms with Crippen molar-refractivity contribution in [3.63, 3.8) is 0 Å². The van der Waals surface area contributed by atoms with Crippen LogP contribution in [0.4, 0.5) is 8.78 Å². The second kappa shape index (κ2) is 10.3. The molecule has 1 atom stereocenters. The number of halogens is 3. The number of methoxy groups -OCH3 is 1. The molecule has 0 aliphatic carbocycles. The number of amides is 1. The summed E-state index contributed by atoms with van der Waals surface area (Å²) in [5.74, 6) is -1.95. The van der Waals surface area contributed by atoms with Crippen molar-refractivity contribution >= 4 is 27.8 Å². The van der Waals surface area contributed by atoms with Crippen LogP contribution >= 0.6 is 15.9 Å². The number of carbonyl (C=O) groups is 2. The number of carboxylic acid groups (broad SMARTS) is 1. The Morgan fingerprint density at radius 1 is 1.11 bits per heavy atom. The van der Waals surface area contributed by atoms with Gasteiger partial charge in [0.05, 0.1) is 7.11 Å². The zero-order valence-electron chi connectivity index (χ0n) is 19.7. The van der Waals surface area contributed by atoms with Crippen molar-refractivity contribution in [2.45, 2.75) is 31.9 Å². The monoisotopic (exact) mass is 559 g/mol. The molecule has 0 spiro atoms. The molecule has 9 heteroatoms. The Labute approximate surface area is 215 Å². The van der Waals surface area contributed by atoms with E-state index in [2.05, 4.69) is 15.9 Å². The third-order valence-corrected chi connectivity index (χ3v) is 6.52. The lowest BCUT2D eigenvalue weighted by molar-refractivity contribution is -0.137. The molecule has 3 aromatic carbocycles. The lowest BCUT2D eigenvalue weighted by Crippen LogP contribution is -2.35. The number of ether oxygens (including phenoxy) is 2. The fourth-order valence-electron chi connectivity index (χ4n) is 4.41. The Balaban J connectivity index is 1.63. The van der Waals surface area contributed by atoms with Gasteiger partial charge in [0.25, 0.3) is 5.91 Å². The molecule has 1 amide bonds. The Morgan fingerprint density at radius 3 is 2.53 bits per heavy atom. The largest absolute Gasteiger partial charge is 0.493 e. The first-order chi connectivity index (χ1) is 17.1. The lowest BCUT2D eigenvalue weighted by Gasteiger charge is -2.24. The number of carbonyl (C=O) groups excluding carboxylic acids is 1. The SMILES string of the molecule is COc1cc(C(=O)N(CC(=O)O)Cc2ccc(Br)cc2F)cc2c1O[C@@](C)(Cc1ccccc1F)C2. The number of benzene rings is 3. The van der Waals surface area contributed by atoms with Crippen LogP contribution in [0.5, 0.6) is 11.5 Å². The van der Waals surface area contributed by atoms with Gasteiger partial charge in [-0.1, -0.05) is 40.2 Å². The second-order valence-corrected chi connectivity index (χ2v) is 9.87. The summed E-state index contributed by atoms with van der Waals surface area (Å²) in [6.45, 7) is 1.01. The lowest BCUT2D eigenvalue weighted by atomic mass is 9.91. The molecule has 0 radical (unpaired) electrons. The van der Waals surface area contributed by atoms with Gasteiger partial charge < -0.3 is 19.5 Å². The summed E-state index contributed by atoms with van der Waals surface area (Å²) in [6.07, 6.45) is 0.684. The first-order valence-corrected chi connectivity index (χ1v) is 12.0. The summed E-state index contributed by atoms with van der Waals surface area (Å²) in [5.41, 5.74) is 0.777. The van der Waals surface area contributed by atoms with Crippen LogP contribution in [-0.2, 0) is 24.2 Å². The van der Waals surface area contributed by atoms with E-state index >= 15 is 0 Å². The van der Waals surface area contributed by atoms with E-state index in [1.165, 1.54) is 31.4 Å². The number of hydrogen-bond donors (Lipinski definition) is 1. The van der Waals surface area contributed by atoms with Gasteiger partial charge in [-0.15, -0.1) is 0 Å². The summed E-state index contributed by atoms with van der Waals surface area (Å²) in [5, 5.41) is 9.39. The molecule has 6 nitrogen and oxygen atoms in total. The maximum atomic E-state index is 14.4. The van der Waals surface area contributed by atoms with E-state index in [0.717, 1.165) is 4.90 Å². The third-order valence-electron chi connectivity index (χ3n) is 6.02. The quantitative estimate of drug-likeness (QED) is 0.400. The predicted molar refractivity (Wildman–Crippen MR) is 132 cm³/mol. The molecule has 0 bridgehead atoms. The smallest absolute Gasteiger partial charge is 0.323 e. The van der Waals surface area contributed by atoms with Crippen molar-refractivity contribution in [1.82, 2.24) is 4.90 Å². The number of hydrogen-bond acceptors (Lipinski definition) is 4. The molecule has 1 aliphatic rings. The first-order valence-electron chi connectivity index (χ1n) is 11.2. The molecule has 36 heavy (non-hydrogen) atoms. The van der Waals surface area contributed by atoms with Crippen LogP contribution in [0.1, 0.15) is 34.0 Å². The van der Waals surface area contributed by atoms with Crippen LogP contribution in [0.2, 0.25) is 0 Å². The van der Waals surface area contributed by atoms with E-state index in [0.29, 0.717) is 39.9 Å². The molecule has 0 aromatic heterocycles. The van der Waals surface area contributed by atoms with E-state index in [-0.39, 0.29) is 23.5 Å². The highest BCUT2D eigenvalue weighted by atomic mass is 79.9. The first kappa shape index (κ1) is 25.6. The number of fused-ring (bicyclic) bond motifs is 1. The topological polar surface area (TPSA) is 76.1 Å². The van der Waals surface area contributed by atoms with Gasteiger partial charge in [0.2, 0.25) is 0 Å². The molecule has 0 unspecified atom stereocenters. The summed E-state index contributed by atoms with van der Waals surface area (Å²) < 4.78 is 40.9. The Kier molecular flexibility index (Phi) is 7.31. The summed E-state index contributed by atoms with van der Waals surface area (Å²) in [6, 6.07) is 13.9. The van der Waals surface area contributed by atoms with Crippen LogP contribution in [0.15, 0.2) is 59.1 Å². The summed E-state index contributed by atoms with van der Waals surface area (Å²) >= 11 is 3.19. The highest BCUT2D eigenvalue weighted by Crippen LogP contribution is 2.44. The van der Waals surface area contributed by atoms with Crippen molar-refractivity contribution in [1.29, 1.82) is 0 Å². The fourth-order valence-corrected chi connectivity index (χ4v) is 4.74. The zero-order chi connectivity index (χ0) is 26.0. The molecule has 0 fully saturated rings. The van der Waals surface area contributed by atoms with Crippen LogP contribution < -0.4 is 9.47 Å². The zero-order valence-corrected chi connectivity index (χ0v) is 21.3. The number of carboxylic acids is 1. The molecule has 1 N–H and O–H groups in total. The van der Waals surface area contributed by atoms with Gasteiger partial charge in [0.1, 0.15) is 23.8 Å². The molecule has 4 rings (SSSR count). The normalized spacial score (nSPS) is 16.2. The number of nitrogens with zero attached hydrogens (tertiary/aromatic N) is 1. The van der Waals surface area contributed by atoms with Crippen molar-refractivity contribution in [2.75, 3.05) is 13.7 Å². The predicted octanol–water partition coefficient (Wildman–Crippen LogP) is 5.40. The summed E-state index contributed by atoms with van der Waals surface area (Å²) in [4.78, 5) is 26.0. The molecule has 0 saturated heterocycles. The number of aliphatic carboxylic acids is 1. The van der Waals surface area contributed by atoms with Crippen LogP contribution in [0.3, 0.4) is 0 Å². The van der Waals surface area contributed by atoms with Gasteiger partial charge in [0, 0.05) is 40.5 Å². The van der Waals surface area contributed by atoms with Crippen LogP contribution in [0, 0.1) is 11.6 Å². The third kappa shape index (κ3) is 5.51.